The predicted octanol–water partition coefficient (Wildman–Crippen LogP) is 1.82. The van der Waals surface area contributed by atoms with E-state index in [9.17, 15) is 8.42 Å². The molecule has 0 heterocycles. The van der Waals surface area contributed by atoms with Gasteiger partial charge in [-0.05, 0) is 18.6 Å². The highest BCUT2D eigenvalue weighted by molar-refractivity contribution is 7.92. The molecule has 0 saturated carbocycles. The predicted molar refractivity (Wildman–Crippen MR) is 67.0 cm³/mol. The number of benzene rings is 1. The van der Waals surface area contributed by atoms with E-state index >= 15 is 0 Å². The Morgan fingerprint density at radius 2 is 2.18 bits per heavy atom. The Labute approximate surface area is 105 Å². The first-order valence-corrected chi connectivity index (χ1v) is 6.95. The maximum absolute atomic E-state index is 11.6. The Kier molecular flexibility index (Phi) is 5.04. The maximum Gasteiger partial charge on any atom is 0.232 e. The third kappa shape index (κ3) is 4.80. The largest absolute Gasteiger partial charge is 0.508 e. The number of nitrogens with one attached hydrogen (secondary N) is 1. The molecule has 0 bridgehead atoms. The summed E-state index contributed by atoms with van der Waals surface area (Å²) in [5, 5.41) is 9.28. The van der Waals surface area contributed by atoms with Crippen LogP contribution in [0.4, 0.5) is 5.69 Å². The van der Waals surface area contributed by atoms with Gasteiger partial charge in [-0.25, -0.2) is 8.42 Å². The summed E-state index contributed by atoms with van der Waals surface area (Å²) in [6, 6.07) is 4.04. The monoisotopic (exact) mass is 279 g/mol. The molecule has 0 aliphatic carbocycles. The molecule has 96 valence electrons. The molecule has 17 heavy (non-hydrogen) atoms. The molecule has 0 radical (unpaired) electrons. The summed E-state index contributed by atoms with van der Waals surface area (Å²) >= 11 is 5.79. The second-order valence-electron chi connectivity index (χ2n) is 3.43. The zero-order chi connectivity index (χ0) is 12.9. The fourth-order valence-electron chi connectivity index (χ4n) is 1.20. The van der Waals surface area contributed by atoms with Crippen LogP contribution >= 0.6 is 11.6 Å². The first-order valence-electron chi connectivity index (χ1n) is 4.92. The third-order valence-corrected chi connectivity index (χ3v) is 3.65. The molecule has 0 saturated heterocycles. The molecule has 0 amide bonds. The number of phenols is 1. The molecule has 0 fully saturated rings. The van der Waals surface area contributed by atoms with Gasteiger partial charge in [0.15, 0.2) is 0 Å². The van der Waals surface area contributed by atoms with Crippen LogP contribution in [0, 0.1) is 0 Å². The molecule has 0 aliphatic heterocycles. The molecule has 0 spiro atoms. The molecule has 1 aromatic carbocycles. The van der Waals surface area contributed by atoms with Gasteiger partial charge in [0.2, 0.25) is 10.0 Å². The Balaban J connectivity index is 2.69. The average Bonchev–Trinajstić information content (AvgIpc) is 2.22. The number of hydrogen-bond donors (Lipinski definition) is 2. The van der Waals surface area contributed by atoms with Crippen LogP contribution in [0.1, 0.15) is 6.42 Å². The number of ether oxygens (including phenoxy) is 1. The van der Waals surface area contributed by atoms with Crippen LogP contribution in [0.5, 0.6) is 5.75 Å². The van der Waals surface area contributed by atoms with E-state index in [1.54, 1.807) is 0 Å². The molecule has 0 aromatic heterocycles. The molecule has 0 atom stereocenters. The zero-order valence-electron chi connectivity index (χ0n) is 9.31. The lowest BCUT2D eigenvalue weighted by Gasteiger charge is -2.09. The first kappa shape index (κ1) is 14.1. The fraction of sp³-hybridized carbons (Fsp3) is 0.400. The van der Waals surface area contributed by atoms with E-state index in [0.29, 0.717) is 13.0 Å². The van der Waals surface area contributed by atoms with Gasteiger partial charge in [0.05, 0.1) is 16.5 Å². The van der Waals surface area contributed by atoms with Crippen molar-refractivity contribution in [1.29, 1.82) is 0 Å². The molecular weight excluding hydrogens is 266 g/mol. The number of rotatable bonds is 6. The normalized spacial score (nSPS) is 11.4. The number of halogens is 1. The SMILES string of the molecule is COCCCS(=O)(=O)Nc1ccc(O)cc1Cl. The highest BCUT2D eigenvalue weighted by Crippen LogP contribution is 2.26. The van der Waals surface area contributed by atoms with Crippen molar-refractivity contribution in [2.75, 3.05) is 24.2 Å². The standard InChI is InChI=1S/C10H14ClNO4S/c1-16-5-2-6-17(14,15)12-10-4-3-8(13)7-9(10)11/h3-4,7,12-13H,2,5-6H2,1H3. The summed E-state index contributed by atoms with van der Waals surface area (Å²) in [4.78, 5) is 0. The summed E-state index contributed by atoms with van der Waals surface area (Å²) in [5.74, 6) is -0.0600. The van der Waals surface area contributed by atoms with E-state index in [-0.39, 0.29) is 22.2 Å². The van der Waals surface area contributed by atoms with Gasteiger partial charge in [-0.15, -0.1) is 0 Å². The van der Waals surface area contributed by atoms with Crippen molar-refractivity contribution >= 4 is 27.3 Å². The molecule has 5 nitrogen and oxygen atoms in total. The van der Waals surface area contributed by atoms with Crippen molar-refractivity contribution in [2.24, 2.45) is 0 Å². The van der Waals surface area contributed by atoms with E-state index in [1.165, 1.54) is 25.3 Å². The minimum atomic E-state index is -3.44. The fourth-order valence-corrected chi connectivity index (χ4v) is 2.59. The third-order valence-electron chi connectivity index (χ3n) is 1.98. The topological polar surface area (TPSA) is 75.6 Å². The minimum Gasteiger partial charge on any atom is -0.508 e. The van der Waals surface area contributed by atoms with E-state index in [4.69, 9.17) is 21.4 Å². The minimum absolute atomic E-state index is 0.0164. The summed E-state index contributed by atoms with van der Waals surface area (Å²) in [7, 11) is -1.93. The lowest BCUT2D eigenvalue weighted by atomic mass is 10.3. The van der Waals surface area contributed by atoms with Gasteiger partial charge in [0.25, 0.3) is 0 Å². The van der Waals surface area contributed by atoms with E-state index in [0.717, 1.165) is 0 Å². The summed E-state index contributed by atoms with van der Waals surface area (Å²) in [5.41, 5.74) is 0.252. The lowest BCUT2D eigenvalue weighted by Crippen LogP contribution is -2.17. The average molecular weight is 280 g/mol. The maximum atomic E-state index is 11.6. The molecule has 0 aliphatic rings. The number of aromatic hydroxyl groups is 1. The molecule has 2 N–H and O–H groups in total. The molecule has 0 unspecified atom stereocenters. The summed E-state index contributed by atoms with van der Waals surface area (Å²) < 4.78 is 30.4. The van der Waals surface area contributed by atoms with Crippen LogP contribution in [-0.4, -0.2) is 33.0 Å². The van der Waals surface area contributed by atoms with Gasteiger partial charge in [0.1, 0.15) is 5.75 Å². The summed E-state index contributed by atoms with van der Waals surface area (Å²) in [6.45, 7) is 0.379. The highest BCUT2D eigenvalue weighted by Gasteiger charge is 2.12. The summed E-state index contributed by atoms with van der Waals surface area (Å²) in [6.07, 6.45) is 0.404. The molecule has 1 aromatic rings. The molecular formula is C10H14ClNO4S. The number of methoxy groups -OCH3 is 1. The van der Waals surface area contributed by atoms with Crippen LogP contribution in [0.3, 0.4) is 0 Å². The van der Waals surface area contributed by atoms with Crippen LogP contribution in [0.2, 0.25) is 5.02 Å². The Morgan fingerprint density at radius 3 is 2.76 bits per heavy atom. The van der Waals surface area contributed by atoms with Crippen LogP contribution in [-0.2, 0) is 14.8 Å². The van der Waals surface area contributed by atoms with Gasteiger partial charge in [-0.1, -0.05) is 11.6 Å². The van der Waals surface area contributed by atoms with Gasteiger partial charge in [0, 0.05) is 19.8 Å². The lowest BCUT2D eigenvalue weighted by molar-refractivity contribution is 0.199. The number of hydrogen-bond acceptors (Lipinski definition) is 4. The molecule has 7 heteroatoms. The van der Waals surface area contributed by atoms with Gasteiger partial charge in [-0.2, -0.15) is 0 Å². The van der Waals surface area contributed by atoms with Crippen molar-refractivity contribution in [3.8, 4) is 5.75 Å². The second kappa shape index (κ2) is 6.09. The Hall–Kier alpha value is -0.980. The van der Waals surface area contributed by atoms with Crippen molar-refractivity contribution in [1.82, 2.24) is 0 Å². The van der Waals surface area contributed by atoms with Crippen LogP contribution < -0.4 is 4.72 Å². The number of phenolic OH excluding ortho intramolecular Hbond substituents is 1. The van der Waals surface area contributed by atoms with Crippen molar-refractivity contribution in [2.45, 2.75) is 6.42 Å². The van der Waals surface area contributed by atoms with Crippen molar-refractivity contribution in [3.05, 3.63) is 23.2 Å². The van der Waals surface area contributed by atoms with Crippen LogP contribution in [0.25, 0.3) is 0 Å². The quantitative estimate of drug-likeness (QED) is 0.615. The highest BCUT2D eigenvalue weighted by atomic mass is 35.5. The van der Waals surface area contributed by atoms with Gasteiger partial charge >= 0.3 is 0 Å². The van der Waals surface area contributed by atoms with Crippen LogP contribution in [0.15, 0.2) is 18.2 Å². The second-order valence-corrected chi connectivity index (χ2v) is 5.68. The molecule has 1 rings (SSSR count). The smallest absolute Gasteiger partial charge is 0.232 e. The Bertz CT molecular complexity index is 475. The van der Waals surface area contributed by atoms with Crippen molar-refractivity contribution in [3.63, 3.8) is 0 Å². The van der Waals surface area contributed by atoms with Gasteiger partial charge in [-0.3, -0.25) is 4.72 Å². The van der Waals surface area contributed by atoms with Gasteiger partial charge < -0.3 is 9.84 Å². The number of anilines is 1. The first-order chi connectivity index (χ1) is 7.94. The zero-order valence-corrected chi connectivity index (χ0v) is 10.9. The van der Waals surface area contributed by atoms with E-state index in [2.05, 4.69) is 4.72 Å². The number of sulfonamides is 1. The van der Waals surface area contributed by atoms with E-state index in [1.807, 2.05) is 0 Å². The van der Waals surface area contributed by atoms with E-state index < -0.39 is 10.0 Å². The Morgan fingerprint density at radius 1 is 1.47 bits per heavy atom. The van der Waals surface area contributed by atoms with Crippen molar-refractivity contribution < 1.29 is 18.3 Å².